The molecule has 1 heterocycles. The molecule has 0 bridgehead atoms. The summed E-state index contributed by atoms with van der Waals surface area (Å²) >= 11 is 7.53. The number of halogens is 1. The number of nitrogens with zero attached hydrogens (tertiary/aromatic N) is 2. The van der Waals surface area contributed by atoms with E-state index in [1.807, 2.05) is 30.3 Å². The van der Waals surface area contributed by atoms with Crippen LogP contribution in [0, 0.1) is 0 Å². The zero-order valence-corrected chi connectivity index (χ0v) is 14.4. The summed E-state index contributed by atoms with van der Waals surface area (Å²) in [4.78, 5) is 9.54. The molecule has 3 N–H and O–H groups in total. The fraction of sp³-hybridized carbons (Fsp3) is 0.0588. The van der Waals surface area contributed by atoms with Crippen molar-refractivity contribution in [2.45, 2.75) is 9.92 Å². The number of ether oxygens (including phenoxy) is 1. The Kier molecular flexibility index (Phi) is 5.08. The molecule has 0 aliphatic carbocycles. The number of nitrogens with one attached hydrogen (secondary N) is 1. The lowest BCUT2D eigenvalue weighted by Gasteiger charge is -2.13. The first kappa shape index (κ1) is 16.4. The van der Waals surface area contributed by atoms with Crippen molar-refractivity contribution >= 4 is 40.6 Å². The van der Waals surface area contributed by atoms with Crippen LogP contribution in [0.5, 0.6) is 5.75 Å². The number of hydrogen-bond donors (Lipinski definition) is 2. The van der Waals surface area contributed by atoms with Crippen LogP contribution in [-0.2, 0) is 0 Å². The van der Waals surface area contributed by atoms with Crippen LogP contribution in [0.3, 0.4) is 0 Å². The Morgan fingerprint density at radius 1 is 1.12 bits per heavy atom. The topological polar surface area (TPSA) is 73.1 Å². The highest BCUT2D eigenvalue weighted by atomic mass is 35.5. The molecular formula is C17H15ClN4OS. The Bertz CT molecular complexity index is 845. The first-order chi connectivity index (χ1) is 11.7. The van der Waals surface area contributed by atoms with Gasteiger partial charge in [0.2, 0.25) is 0 Å². The van der Waals surface area contributed by atoms with Gasteiger partial charge < -0.3 is 15.8 Å². The third-order valence-electron chi connectivity index (χ3n) is 3.22. The normalized spacial score (nSPS) is 10.4. The quantitative estimate of drug-likeness (QED) is 0.648. The van der Waals surface area contributed by atoms with Crippen molar-refractivity contribution in [3.8, 4) is 5.75 Å². The second-order valence-electron chi connectivity index (χ2n) is 4.83. The minimum Gasteiger partial charge on any atom is -0.495 e. The molecule has 0 radical (unpaired) electrons. The molecule has 0 saturated heterocycles. The van der Waals surface area contributed by atoms with Gasteiger partial charge in [-0.3, -0.25) is 0 Å². The average molecular weight is 359 g/mol. The van der Waals surface area contributed by atoms with Crippen molar-refractivity contribution in [1.29, 1.82) is 0 Å². The van der Waals surface area contributed by atoms with Gasteiger partial charge in [-0.1, -0.05) is 41.6 Å². The molecule has 1 aromatic heterocycles. The molecular weight excluding hydrogens is 344 g/mol. The van der Waals surface area contributed by atoms with Crippen LogP contribution in [0.25, 0.3) is 0 Å². The molecule has 0 aliphatic rings. The van der Waals surface area contributed by atoms with Crippen molar-refractivity contribution in [3.05, 3.63) is 59.9 Å². The number of anilines is 3. The first-order valence-corrected chi connectivity index (χ1v) is 8.31. The van der Waals surface area contributed by atoms with Gasteiger partial charge in [-0.25, -0.2) is 9.97 Å². The Balaban J connectivity index is 1.90. The first-order valence-electron chi connectivity index (χ1n) is 7.11. The van der Waals surface area contributed by atoms with E-state index in [0.717, 1.165) is 4.90 Å². The number of nitrogen functional groups attached to an aromatic ring is 1. The van der Waals surface area contributed by atoms with Crippen LogP contribution >= 0.6 is 23.4 Å². The van der Waals surface area contributed by atoms with Crippen molar-refractivity contribution in [2.75, 3.05) is 18.2 Å². The lowest BCUT2D eigenvalue weighted by molar-refractivity contribution is 0.417. The van der Waals surface area contributed by atoms with Crippen LogP contribution in [0.1, 0.15) is 0 Å². The number of aromatic nitrogens is 2. The van der Waals surface area contributed by atoms with E-state index in [2.05, 4.69) is 15.3 Å². The van der Waals surface area contributed by atoms with Gasteiger partial charge >= 0.3 is 0 Å². The number of benzene rings is 2. The summed E-state index contributed by atoms with van der Waals surface area (Å²) in [5, 5.41) is 4.43. The van der Waals surface area contributed by atoms with Gasteiger partial charge in [0.05, 0.1) is 12.8 Å². The Morgan fingerprint density at radius 3 is 2.67 bits per heavy atom. The van der Waals surface area contributed by atoms with E-state index >= 15 is 0 Å². The highest BCUT2D eigenvalue weighted by molar-refractivity contribution is 7.99. The van der Waals surface area contributed by atoms with Gasteiger partial charge in [-0.2, -0.15) is 0 Å². The van der Waals surface area contributed by atoms with Gasteiger partial charge in [0.15, 0.2) is 5.82 Å². The fourth-order valence-electron chi connectivity index (χ4n) is 2.07. The predicted molar refractivity (Wildman–Crippen MR) is 98.3 cm³/mol. The summed E-state index contributed by atoms with van der Waals surface area (Å²) in [6.45, 7) is 0. The van der Waals surface area contributed by atoms with E-state index in [4.69, 9.17) is 22.1 Å². The van der Waals surface area contributed by atoms with Gasteiger partial charge in [0.25, 0.3) is 0 Å². The van der Waals surface area contributed by atoms with Gasteiger partial charge in [-0.15, -0.1) is 0 Å². The Hall–Kier alpha value is -2.44. The van der Waals surface area contributed by atoms with Crippen molar-refractivity contribution in [3.63, 3.8) is 0 Å². The molecule has 0 amide bonds. The molecule has 0 spiro atoms. The minimum atomic E-state index is 0.466. The van der Waals surface area contributed by atoms with E-state index < -0.39 is 0 Å². The van der Waals surface area contributed by atoms with Gasteiger partial charge in [0.1, 0.15) is 22.8 Å². The molecule has 3 rings (SSSR count). The molecule has 7 heteroatoms. The van der Waals surface area contributed by atoms with E-state index in [1.54, 1.807) is 25.3 Å². The van der Waals surface area contributed by atoms with Gasteiger partial charge in [0, 0.05) is 9.92 Å². The van der Waals surface area contributed by atoms with E-state index in [1.165, 1.54) is 18.1 Å². The largest absolute Gasteiger partial charge is 0.495 e. The lowest BCUT2D eigenvalue weighted by atomic mass is 10.3. The van der Waals surface area contributed by atoms with Crippen LogP contribution in [0.4, 0.5) is 17.2 Å². The summed E-state index contributed by atoms with van der Waals surface area (Å²) < 4.78 is 5.33. The number of nitrogens with two attached hydrogens (primary N) is 1. The second kappa shape index (κ2) is 7.42. The van der Waals surface area contributed by atoms with E-state index in [0.29, 0.717) is 33.0 Å². The Labute approximate surface area is 149 Å². The fourth-order valence-corrected chi connectivity index (χ4v) is 3.06. The molecule has 2 aromatic carbocycles. The number of rotatable bonds is 5. The smallest absolute Gasteiger partial charge is 0.158 e. The monoisotopic (exact) mass is 358 g/mol. The minimum absolute atomic E-state index is 0.466. The zero-order valence-electron chi connectivity index (χ0n) is 12.9. The van der Waals surface area contributed by atoms with Crippen LogP contribution in [-0.4, -0.2) is 17.1 Å². The number of hydrogen-bond acceptors (Lipinski definition) is 6. The summed E-state index contributed by atoms with van der Waals surface area (Å²) in [5.41, 5.74) is 7.38. The molecule has 0 atom stereocenters. The third kappa shape index (κ3) is 3.72. The van der Waals surface area contributed by atoms with Crippen molar-refractivity contribution in [2.24, 2.45) is 0 Å². The number of methoxy groups -OCH3 is 1. The predicted octanol–water partition coefficient (Wildman–Crippen LogP) is 4.62. The van der Waals surface area contributed by atoms with Crippen molar-refractivity contribution < 1.29 is 4.74 Å². The summed E-state index contributed by atoms with van der Waals surface area (Å²) in [7, 11) is 1.59. The highest BCUT2D eigenvalue weighted by Crippen LogP contribution is 2.36. The summed E-state index contributed by atoms with van der Waals surface area (Å²) in [6.07, 6.45) is 1.47. The standard InChI is InChI=1S/C17H15ClN4OS/c1-23-14-8-7-11(18)9-13(14)22-16-15(19)17(21-10-20-16)24-12-5-3-2-4-6-12/h2-10H,19H2,1H3,(H,20,21,22). The zero-order chi connectivity index (χ0) is 16.9. The molecule has 0 unspecified atom stereocenters. The molecule has 0 saturated carbocycles. The van der Waals surface area contributed by atoms with Gasteiger partial charge in [-0.05, 0) is 30.3 Å². The molecule has 5 nitrogen and oxygen atoms in total. The molecule has 0 aliphatic heterocycles. The van der Waals surface area contributed by atoms with Crippen LogP contribution in [0.15, 0.2) is 64.8 Å². The molecule has 24 heavy (non-hydrogen) atoms. The van der Waals surface area contributed by atoms with Crippen molar-refractivity contribution in [1.82, 2.24) is 9.97 Å². The summed E-state index contributed by atoms with van der Waals surface area (Å²) in [5.74, 6) is 1.15. The third-order valence-corrected chi connectivity index (χ3v) is 4.48. The summed E-state index contributed by atoms with van der Waals surface area (Å²) in [6, 6.07) is 15.2. The maximum absolute atomic E-state index is 6.23. The average Bonchev–Trinajstić information content (AvgIpc) is 2.60. The maximum Gasteiger partial charge on any atom is 0.158 e. The lowest BCUT2D eigenvalue weighted by Crippen LogP contribution is -2.03. The molecule has 0 fully saturated rings. The second-order valence-corrected chi connectivity index (χ2v) is 6.32. The van der Waals surface area contributed by atoms with Crippen LogP contribution in [0.2, 0.25) is 5.02 Å². The SMILES string of the molecule is COc1ccc(Cl)cc1Nc1ncnc(Sc2ccccc2)c1N. The Morgan fingerprint density at radius 2 is 1.92 bits per heavy atom. The van der Waals surface area contributed by atoms with E-state index in [-0.39, 0.29) is 0 Å². The molecule has 122 valence electrons. The van der Waals surface area contributed by atoms with E-state index in [9.17, 15) is 0 Å². The molecule has 3 aromatic rings. The van der Waals surface area contributed by atoms with Crippen LogP contribution < -0.4 is 15.8 Å². The highest BCUT2D eigenvalue weighted by Gasteiger charge is 2.12. The maximum atomic E-state index is 6.23.